The molecule has 1 heterocycles. The lowest BCUT2D eigenvalue weighted by molar-refractivity contribution is -0.154. The summed E-state index contributed by atoms with van der Waals surface area (Å²) in [5.41, 5.74) is 1.95. The van der Waals surface area contributed by atoms with E-state index in [9.17, 15) is 37.5 Å². The molecule has 1 aromatic heterocycles. The Hall–Kier alpha value is -6.01. The monoisotopic (exact) mass is 770 g/mol. The summed E-state index contributed by atoms with van der Waals surface area (Å²) in [6.45, 7) is -1.49. The van der Waals surface area contributed by atoms with Crippen molar-refractivity contribution < 1.29 is 46.9 Å². The average Bonchev–Trinajstić information content (AvgIpc) is 3.91. The fraction of sp³-hybridized carbons (Fsp3) is 0.286. The number of carbonyl (C=O) groups excluding carboxylic acids is 3. The molecule has 1 atom stereocenters. The molecule has 3 aromatic carbocycles. The number of methoxy groups -OCH3 is 1. The van der Waals surface area contributed by atoms with Crippen LogP contribution in [0.1, 0.15) is 40.7 Å². The Morgan fingerprint density at radius 3 is 2.15 bits per heavy atom. The zero-order valence-electron chi connectivity index (χ0n) is 28.5. The summed E-state index contributed by atoms with van der Waals surface area (Å²) >= 11 is 6.02. The number of alkyl halides is 3. The minimum Gasteiger partial charge on any atom is -0.480 e. The van der Waals surface area contributed by atoms with E-state index in [2.05, 4.69) is 41.5 Å². The van der Waals surface area contributed by atoms with Crippen LogP contribution in [0.4, 0.5) is 36.4 Å². The molecule has 1 aliphatic rings. The number of halogens is 4. The van der Waals surface area contributed by atoms with Crippen LogP contribution in [0.25, 0.3) is 0 Å². The van der Waals surface area contributed by atoms with Gasteiger partial charge in [0.15, 0.2) is 6.61 Å². The molecule has 4 aromatic rings. The maximum atomic E-state index is 12.9. The zero-order valence-corrected chi connectivity index (χ0v) is 29.3. The first kappa shape index (κ1) is 39.2. The van der Waals surface area contributed by atoms with Gasteiger partial charge >= 0.3 is 30.0 Å². The van der Waals surface area contributed by atoms with Crippen LogP contribution < -0.4 is 31.3 Å². The van der Waals surface area contributed by atoms with Gasteiger partial charge in [-0.25, -0.2) is 4.79 Å². The minimum atomic E-state index is -4.65. The summed E-state index contributed by atoms with van der Waals surface area (Å²) < 4.78 is 48.6. The van der Waals surface area contributed by atoms with Crippen LogP contribution >= 0.6 is 11.6 Å². The van der Waals surface area contributed by atoms with Crippen LogP contribution in [-0.4, -0.2) is 76.2 Å². The number of aliphatic carboxylic acids is 1. The van der Waals surface area contributed by atoms with Crippen molar-refractivity contribution in [2.75, 3.05) is 36.2 Å². The summed E-state index contributed by atoms with van der Waals surface area (Å²) in [4.78, 5) is 61.6. The van der Waals surface area contributed by atoms with Gasteiger partial charge in [0.1, 0.15) is 6.04 Å². The highest BCUT2D eigenvalue weighted by molar-refractivity contribution is 6.39. The van der Waals surface area contributed by atoms with E-state index in [1.807, 2.05) is 12.1 Å². The Morgan fingerprint density at radius 2 is 1.54 bits per heavy atom. The van der Waals surface area contributed by atoms with E-state index in [4.69, 9.17) is 21.1 Å². The molecule has 284 valence electrons. The predicted octanol–water partition coefficient (Wildman–Crippen LogP) is 4.79. The maximum absolute atomic E-state index is 12.9. The highest BCUT2D eigenvalue weighted by Gasteiger charge is 2.45. The van der Waals surface area contributed by atoms with E-state index in [0.717, 1.165) is 11.1 Å². The van der Waals surface area contributed by atoms with Crippen LogP contribution in [0.5, 0.6) is 6.01 Å². The number of hydrogen-bond donors (Lipinski definition) is 6. The van der Waals surface area contributed by atoms with Gasteiger partial charge in [0.25, 0.3) is 5.91 Å². The number of carboxylic acids is 1. The summed E-state index contributed by atoms with van der Waals surface area (Å²) in [6, 6.07) is 17.3. The fourth-order valence-corrected chi connectivity index (χ4v) is 5.18. The van der Waals surface area contributed by atoms with Crippen molar-refractivity contribution in [3.63, 3.8) is 0 Å². The zero-order chi connectivity index (χ0) is 38.9. The number of nitrogens with one attached hydrogen (secondary N) is 5. The van der Waals surface area contributed by atoms with Gasteiger partial charge in [-0.3, -0.25) is 14.4 Å². The summed E-state index contributed by atoms with van der Waals surface area (Å²) in [5, 5.41) is 23.3. The topological polar surface area (TPSA) is 206 Å². The third kappa shape index (κ3) is 11.2. The van der Waals surface area contributed by atoms with Gasteiger partial charge < -0.3 is 41.2 Å². The first-order valence-electron chi connectivity index (χ1n) is 16.3. The molecular weight excluding hydrogens is 737 g/mol. The molecule has 5 rings (SSSR count). The van der Waals surface area contributed by atoms with Crippen LogP contribution in [0.3, 0.4) is 0 Å². The molecule has 1 fully saturated rings. The molecule has 0 radical (unpaired) electrons. The number of carboxylic acid groups (broad SMARTS) is 1. The molecule has 1 aliphatic carbocycles. The summed E-state index contributed by atoms with van der Waals surface area (Å²) in [7, 11) is 1.54. The minimum absolute atomic E-state index is 0.0438. The third-order valence-electron chi connectivity index (χ3n) is 7.93. The number of ether oxygens (including phenoxy) is 2. The first-order chi connectivity index (χ1) is 25.7. The number of anilines is 4. The molecular formula is C35H34ClF3N8O7. The third-order valence-corrected chi connectivity index (χ3v) is 8.18. The Morgan fingerprint density at radius 1 is 0.889 bits per heavy atom. The molecule has 0 unspecified atom stereocenters. The quantitative estimate of drug-likeness (QED) is 0.0852. The van der Waals surface area contributed by atoms with E-state index in [-0.39, 0.29) is 30.4 Å². The first-order valence-corrected chi connectivity index (χ1v) is 16.7. The van der Waals surface area contributed by atoms with E-state index in [1.54, 1.807) is 43.5 Å². The van der Waals surface area contributed by atoms with E-state index >= 15 is 0 Å². The fourth-order valence-electron chi connectivity index (χ4n) is 5.06. The molecule has 1 saturated carbocycles. The lowest BCUT2D eigenvalue weighted by Crippen LogP contribution is -2.44. The van der Waals surface area contributed by atoms with E-state index < -0.39 is 54.1 Å². The maximum Gasteiger partial charge on any atom is 0.422 e. The number of nitrogens with zero attached hydrogens (tertiary/aromatic N) is 3. The van der Waals surface area contributed by atoms with Crippen molar-refractivity contribution in [2.45, 2.75) is 43.6 Å². The van der Waals surface area contributed by atoms with E-state index in [0.29, 0.717) is 35.8 Å². The number of hydrogen-bond acceptors (Lipinski definition) is 11. The molecule has 15 nitrogen and oxygen atoms in total. The van der Waals surface area contributed by atoms with Crippen LogP contribution in [0.15, 0.2) is 72.8 Å². The summed E-state index contributed by atoms with van der Waals surface area (Å²) in [6.07, 6.45) is -3.48. The Kier molecular flexibility index (Phi) is 12.5. The highest BCUT2D eigenvalue weighted by Crippen LogP contribution is 2.48. The van der Waals surface area contributed by atoms with Crippen molar-refractivity contribution >= 4 is 58.6 Å². The Bertz CT molecular complexity index is 1960. The molecule has 0 saturated heterocycles. The molecule has 19 heteroatoms. The van der Waals surface area contributed by atoms with Gasteiger partial charge in [-0.15, -0.1) is 0 Å². The predicted molar refractivity (Wildman–Crippen MR) is 189 cm³/mol. The van der Waals surface area contributed by atoms with Crippen LogP contribution in [-0.2, 0) is 31.3 Å². The second-order valence-electron chi connectivity index (χ2n) is 12.1. The van der Waals surface area contributed by atoms with Gasteiger partial charge in [-0.2, -0.15) is 28.1 Å². The average molecular weight is 771 g/mol. The smallest absolute Gasteiger partial charge is 0.422 e. The standard InChI is InChI=1S/C35H34ClF3N8O7/c1-53-18-20-2-10-24(11-3-20)41-29(50)28(49)40-17-14-26(30(51)52)43-27(48)21-4-12-25(13-5-21)42-31-44-32(46-33(45-31)54-19-35(37,38)39)47-34(15-16-34)22-6-8-23(36)9-7-22/h2-13,26H,14-19H2,1H3,(H,40,49)(H,41,50)(H,43,48)(H,51,52)(H2,42,44,45,46,47)/t26-/m0/s1. The van der Waals surface area contributed by atoms with Crippen LogP contribution in [0, 0.1) is 0 Å². The molecule has 0 spiro atoms. The SMILES string of the molecule is COCc1ccc(NC(=O)C(=O)NCC[C@H](NC(=O)c2ccc(Nc3nc(NC4(c5ccc(Cl)cc5)CC4)nc(OCC(F)(F)F)n3)cc2)C(=O)O)cc1. The second kappa shape index (κ2) is 17.2. The number of benzene rings is 3. The normalized spacial score (nSPS) is 13.6. The largest absolute Gasteiger partial charge is 0.480 e. The molecule has 54 heavy (non-hydrogen) atoms. The number of amides is 3. The van der Waals surface area contributed by atoms with Crippen molar-refractivity contribution in [3.05, 3.63) is 94.5 Å². The van der Waals surface area contributed by atoms with Gasteiger partial charge in [-0.05, 0) is 78.9 Å². The lowest BCUT2D eigenvalue weighted by Gasteiger charge is -2.19. The van der Waals surface area contributed by atoms with Crippen molar-refractivity contribution in [3.8, 4) is 6.01 Å². The second-order valence-corrected chi connectivity index (χ2v) is 12.5. The van der Waals surface area contributed by atoms with Gasteiger partial charge in [0.05, 0.1) is 12.1 Å². The van der Waals surface area contributed by atoms with Crippen molar-refractivity contribution in [1.82, 2.24) is 25.6 Å². The highest BCUT2D eigenvalue weighted by atomic mass is 35.5. The Balaban J connectivity index is 1.17. The number of aromatic nitrogens is 3. The van der Waals surface area contributed by atoms with Gasteiger partial charge in [0.2, 0.25) is 11.9 Å². The van der Waals surface area contributed by atoms with Crippen molar-refractivity contribution in [1.29, 1.82) is 0 Å². The summed E-state index contributed by atoms with van der Waals surface area (Å²) in [5.74, 6) is -4.28. The molecule has 0 aliphatic heterocycles. The number of rotatable bonds is 16. The van der Waals surface area contributed by atoms with Gasteiger partial charge in [0, 0.05) is 35.6 Å². The van der Waals surface area contributed by atoms with E-state index in [1.165, 1.54) is 24.3 Å². The van der Waals surface area contributed by atoms with Crippen molar-refractivity contribution in [2.24, 2.45) is 0 Å². The molecule has 6 N–H and O–H groups in total. The lowest BCUT2D eigenvalue weighted by atomic mass is 10.1. The molecule has 3 amide bonds. The van der Waals surface area contributed by atoms with Crippen LogP contribution in [0.2, 0.25) is 5.02 Å². The van der Waals surface area contributed by atoms with Gasteiger partial charge in [-0.1, -0.05) is 35.9 Å². The number of carbonyl (C=O) groups is 4. The molecule has 0 bridgehead atoms. The Labute approximate surface area is 311 Å².